The Morgan fingerprint density at radius 1 is 1.40 bits per heavy atom. The Bertz CT molecular complexity index is 693. The molecule has 0 saturated heterocycles. The van der Waals surface area contributed by atoms with Gasteiger partial charge in [0.05, 0.1) is 15.1 Å². The van der Waals surface area contributed by atoms with E-state index in [4.69, 9.17) is 0 Å². The summed E-state index contributed by atoms with van der Waals surface area (Å²) in [4.78, 5) is 4.77. The third kappa shape index (κ3) is 3.72. The molecule has 1 aromatic heterocycles. The fourth-order valence-electron chi connectivity index (χ4n) is 1.60. The van der Waals surface area contributed by atoms with Crippen molar-refractivity contribution >= 4 is 43.3 Å². The van der Waals surface area contributed by atoms with Gasteiger partial charge in [-0.2, -0.15) is 0 Å². The number of nitrogens with one attached hydrogen (secondary N) is 1. The Kier molecular flexibility index (Phi) is 5.06. The molecule has 110 valence electrons. The highest BCUT2D eigenvalue weighted by Crippen LogP contribution is 2.30. The van der Waals surface area contributed by atoms with Gasteiger partial charge in [0.1, 0.15) is 0 Å². The predicted octanol–water partition coefficient (Wildman–Crippen LogP) is 3.34. The smallest absolute Gasteiger partial charge is 0.230 e. The third-order valence-corrected chi connectivity index (χ3v) is 6.06. The van der Waals surface area contributed by atoms with Gasteiger partial charge in [-0.05, 0) is 29.9 Å². The fourth-order valence-corrected chi connectivity index (χ4v) is 4.91. The minimum atomic E-state index is -3.43. The highest BCUT2D eigenvalue weighted by molar-refractivity contribution is 8.01. The summed E-state index contributed by atoms with van der Waals surface area (Å²) in [6.45, 7) is 6.47. The first-order chi connectivity index (χ1) is 9.42. The highest BCUT2D eigenvalue weighted by atomic mass is 32.2. The van der Waals surface area contributed by atoms with E-state index in [2.05, 4.69) is 16.6 Å². The first kappa shape index (κ1) is 15.8. The van der Waals surface area contributed by atoms with E-state index in [0.29, 0.717) is 11.4 Å². The molecule has 2 aromatic rings. The summed E-state index contributed by atoms with van der Waals surface area (Å²) in [5, 5.41) is 0. The monoisotopic (exact) mass is 330 g/mol. The first-order valence-electron chi connectivity index (χ1n) is 6.45. The van der Waals surface area contributed by atoms with Crippen molar-refractivity contribution in [3.05, 3.63) is 18.2 Å². The predicted molar refractivity (Wildman–Crippen MR) is 86.0 cm³/mol. The fraction of sp³-hybridized carbons (Fsp3) is 0.462. The number of benzene rings is 1. The molecular weight excluding hydrogens is 312 g/mol. The second-order valence-electron chi connectivity index (χ2n) is 4.79. The van der Waals surface area contributed by atoms with Crippen molar-refractivity contribution in [1.82, 2.24) is 9.71 Å². The zero-order valence-electron chi connectivity index (χ0n) is 11.7. The molecule has 0 atom stereocenters. The molecule has 0 spiro atoms. The zero-order chi connectivity index (χ0) is 14.8. The van der Waals surface area contributed by atoms with Gasteiger partial charge in [0.25, 0.3) is 0 Å². The molecule has 0 bridgehead atoms. The molecule has 7 heteroatoms. The summed E-state index contributed by atoms with van der Waals surface area (Å²) in [6, 6.07) is 5.09. The molecule has 1 N–H and O–H groups in total. The van der Waals surface area contributed by atoms with Crippen LogP contribution in [-0.2, 0) is 10.0 Å². The number of thiazole rings is 1. The zero-order valence-corrected chi connectivity index (χ0v) is 14.2. The van der Waals surface area contributed by atoms with E-state index in [1.807, 2.05) is 13.8 Å². The topological polar surface area (TPSA) is 59.1 Å². The van der Waals surface area contributed by atoms with Gasteiger partial charge in [0.2, 0.25) is 10.0 Å². The molecule has 2 rings (SSSR count). The van der Waals surface area contributed by atoms with E-state index in [0.717, 1.165) is 20.3 Å². The molecule has 0 aliphatic carbocycles. The van der Waals surface area contributed by atoms with E-state index >= 15 is 0 Å². The quantitative estimate of drug-likeness (QED) is 0.825. The van der Waals surface area contributed by atoms with E-state index in [1.54, 1.807) is 30.0 Å². The van der Waals surface area contributed by atoms with Crippen LogP contribution in [0.25, 0.3) is 10.2 Å². The molecular formula is C13H18N2O2S3. The van der Waals surface area contributed by atoms with Crippen molar-refractivity contribution in [3.8, 4) is 0 Å². The number of hydrogen-bond donors (Lipinski definition) is 1. The summed E-state index contributed by atoms with van der Waals surface area (Å²) < 4.78 is 28.9. The van der Waals surface area contributed by atoms with Crippen molar-refractivity contribution in [1.29, 1.82) is 0 Å². The van der Waals surface area contributed by atoms with Crippen molar-refractivity contribution in [2.75, 3.05) is 12.3 Å². The van der Waals surface area contributed by atoms with E-state index < -0.39 is 10.0 Å². The second-order valence-corrected chi connectivity index (χ2v) is 9.10. The van der Waals surface area contributed by atoms with E-state index in [1.165, 1.54) is 11.3 Å². The number of thioether (sulfide) groups is 1. The van der Waals surface area contributed by atoms with Crippen molar-refractivity contribution < 1.29 is 8.42 Å². The first-order valence-corrected chi connectivity index (χ1v) is 9.74. The number of sulfonamides is 1. The molecule has 0 aliphatic heterocycles. The molecule has 0 fully saturated rings. The van der Waals surface area contributed by atoms with Gasteiger partial charge in [0.15, 0.2) is 4.34 Å². The van der Waals surface area contributed by atoms with Gasteiger partial charge in [-0.25, -0.2) is 18.1 Å². The molecule has 20 heavy (non-hydrogen) atoms. The molecule has 0 unspecified atom stereocenters. The van der Waals surface area contributed by atoms with E-state index in [-0.39, 0.29) is 5.92 Å². The van der Waals surface area contributed by atoms with Crippen LogP contribution in [0, 0.1) is 5.92 Å². The Morgan fingerprint density at radius 3 is 2.80 bits per heavy atom. The molecule has 0 amide bonds. The van der Waals surface area contributed by atoms with Crippen LogP contribution in [0.4, 0.5) is 0 Å². The molecule has 0 radical (unpaired) electrons. The lowest BCUT2D eigenvalue weighted by Gasteiger charge is -2.08. The van der Waals surface area contributed by atoms with Gasteiger partial charge in [-0.15, -0.1) is 11.3 Å². The van der Waals surface area contributed by atoms with Crippen molar-refractivity contribution in [2.24, 2.45) is 5.92 Å². The molecule has 1 aromatic carbocycles. The SMILES string of the molecule is CCSc1nc2ccc(S(=O)(=O)NCC(C)C)cc2s1. The molecule has 0 aliphatic rings. The Morgan fingerprint density at radius 2 is 2.15 bits per heavy atom. The Balaban J connectivity index is 2.30. The Hall–Kier alpha value is -0.630. The number of rotatable bonds is 6. The molecule has 0 saturated carbocycles. The summed E-state index contributed by atoms with van der Waals surface area (Å²) in [5.74, 6) is 1.24. The van der Waals surface area contributed by atoms with Crippen LogP contribution in [0.1, 0.15) is 20.8 Å². The minimum Gasteiger partial charge on any atom is -0.230 e. The van der Waals surface area contributed by atoms with Crippen LogP contribution in [0.2, 0.25) is 0 Å². The van der Waals surface area contributed by atoms with Gasteiger partial charge < -0.3 is 0 Å². The largest absolute Gasteiger partial charge is 0.240 e. The number of hydrogen-bond acceptors (Lipinski definition) is 5. The lowest BCUT2D eigenvalue weighted by Crippen LogP contribution is -2.27. The van der Waals surface area contributed by atoms with Crippen LogP contribution in [0.5, 0.6) is 0 Å². The summed E-state index contributed by atoms with van der Waals surface area (Å²) in [6.07, 6.45) is 0. The lowest BCUT2D eigenvalue weighted by atomic mass is 10.2. The number of fused-ring (bicyclic) bond motifs is 1. The maximum Gasteiger partial charge on any atom is 0.240 e. The standard InChI is InChI=1S/C13H18N2O2S3/c1-4-18-13-15-11-6-5-10(7-12(11)19-13)20(16,17)14-8-9(2)3/h5-7,9,14H,4,8H2,1-3H3. The summed E-state index contributed by atoms with van der Waals surface area (Å²) in [7, 11) is -3.43. The average molecular weight is 331 g/mol. The summed E-state index contributed by atoms with van der Waals surface area (Å²) in [5.41, 5.74) is 0.855. The normalized spacial score (nSPS) is 12.4. The van der Waals surface area contributed by atoms with Crippen LogP contribution >= 0.6 is 23.1 Å². The van der Waals surface area contributed by atoms with Crippen LogP contribution in [0.15, 0.2) is 27.4 Å². The molecule has 4 nitrogen and oxygen atoms in total. The Labute approximate surface area is 128 Å². The van der Waals surface area contributed by atoms with Gasteiger partial charge in [-0.1, -0.05) is 32.5 Å². The van der Waals surface area contributed by atoms with E-state index in [9.17, 15) is 8.42 Å². The van der Waals surface area contributed by atoms with Crippen molar-refractivity contribution in [2.45, 2.75) is 30.0 Å². The third-order valence-electron chi connectivity index (χ3n) is 2.60. The van der Waals surface area contributed by atoms with Crippen LogP contribution in [-0.4, -0.2) is 25.7 Å². The second kappa shape index (κ2) is 6.43. The van der Waals surface area contributed by atoms with Gasteiger partial charge in [0, 0.05) is 6.54 Å². The number of nitrogens with zero attached hydrogens (tertiary/aromatic N) is 1. The lowest BCUT2D eigenvalue weighted by molar-refractivity contribution is 0.560. The van der Waals surface area contributed by atoms with Gasteiger partial charge in [-0.3, -0.25) is 0 Å². The maximum atomic E-state index is 12.2. The van der Waals surface area contributed by atoms with Crippen LogP contribution in [0.3, 0.4) is 0 Å². The van der Waals surface area contributed by atoms with Gasteiger partial charge >= 0.3 is 0 Å². The average Bonchev–Trinajstić information content (AvgIpc) is 2.78. The highest BCUT2D eigenvalue weighted by Gasteiger charge is 2.16. The number of aromatic nitrogens is 1. The summed E-state index contributed by atoms with van der Waals surface area (Å²) >= 11 is 3.21. The maximum absolute atomic E-state index is 12.2. The molecule has 1 heterocycles. The van der Waals surface area contributed by atoms with Crippen LogP contribution < -0.4 is 4.72 Å². The van der Waals surface area contributed by atoms with Crippen molar-refractivity contribution in [3.63, 3.8) is 0 Å². The minimum absolute atomic E-state index is 0.282.